The number of carbonyl (C=O) groups is 1. The van der Waals surface area contributed by atoms with Crippen LogP contribution in [0, 0.1) is 16.0 Å². The van der Waals surface area contributed by atoms with Gasteiger partial charge in [-0.15, -0.1) is 0 Å². The van der Waals surface area contributed by atoms with E-state index in [1.165, 1.54) is 22.8 Å². The molecular formula is C18H21N5O5. The molecule has 1 amide bonds. The number of nitro benzene ring substituents is 1. The number of aryl methyl sites for hydroxylation is 1. The normalized spacial score (nSPS) is 11.2. The predicted octanol–water partition coefficient (Wildman–Crippen LogP) is 2.77. The Balaban J connectivity index is 1.61. The molecule has 0 radical (unpaired) electrons. The highest BCUT2D eigenvalue weighted by Gasteiger charge is 2.14. The van der Waals surface area contributed by atoms with Crippen molar-refractivity contribution < 1.29 is 14.1 Å². The second-order valence-electron chi connectivity index (χ2n) is 6.87. The SMILES string of the molecule is CC(C)Cn1nccc1NC(=O)CCCn1c(=O)oc2cc([N+](=O)[O-])ccc21. The number of hydrogen-bond acceptors (Lipinski definition) is 6. The molecule has 10 heteroatoms. The van der Waals surface area contributed by atoms with Gasteiger partial charge in [0.1, 0.15) is 5.82 Å². The van der Waals surface area contributed by atoms with Crippen LogP contribution in [0.2, 0.25) is 0 Å². The van der Waals surface area contributed by atoms with Crippen LogP contribution in [0.4, 0.5) is 11.5 Å². The van der Waals surface area contributed by atoms with Gasteiger partial charge < -0.3 is 9.73 Å². The van der Waals surface area contributed by atoms with Crippen molar-refractivity contribution in [2.75, 3.05) is 5.32 Å². The zero-order chi connectivity index (χ0) is 20.3. The van der Waals surface area contributed by atoms with Crippen LogP contribution in [0.1, 0.15) is 26.7 Å². The maximum Gasteiger partial charge on any atom is 0.419 e. The molecule has 0 unspecified atom stereocenters. The molecule has 3 aromatic rings. The van der Waals surface area contributed by atoms with Crippen LogP contribution in [-0.2, 0) is 17.9 Å². The fraction of sp³-hybridized carbons (Fsp3) is 0.389. The van der Waals surface area contributed by atoms with Crippen molar-refractivity contribution in [2.45, 2.75) is 39.8 Å². The predicted molar refractivity (Wildman–Crippen MR) is 102 cm³/mol. The molecule has 0 saturated heterocycles. The van der Waals surface area contributed by atoms with Gasteiger partial charge in [0, 0.05) is 31.6 Å². The Morgan fingerprint density at radius 1 is 1.36 bits per heavy atom. The Morgan fingerprint density at radius 2 is 2.14 bits per heavy atom. The number of non-ortho nitro benzene ring substituents is 1. The summed E-state index contributed by atoms with van der Waals surface area (Å²) in [6.45, 7) is 5.09. The van der Waals surface area contributed by atoms with Gasteiger partial charge in [0.25, 0.3) is 5.69 Å². The number of rotatable bonds is 8. The lowest BCUT2D eigenvalue weighted by Gasteiger charge is -2.11. The molecule has 2 heterocycles. The number of oxazole rings is 1. The minimum absolute atomic E-state index is 0.147. The molecule has 28 heavy (non-hydrogen) atoms. The quantitative estimate of drug-likeness (QED) is 0.468. The van der Waals surface area contributed by atoms with Crippen LogP contribution >= 0.6 is 0 Å². The highest BCUT2D eigenvalue weighted by Crippen LogP contribution is 2.20. The van der Waals surface area contributed by atoms with Gasteiger partial charge in [-0.2, -0.15) is 5.10 Å². The number of fused-ring (bicyclic) bond motifs is 1. The number of carbonyl (C=O) groups excluding carboxylic acids is 1. The molecule has 148 valence electrons. The molecule has 2 aromatic heterocycles. The summed E-state index contributed by atoms with van der Waals surface area (Å²) in [5.41, 5.74) is 0.470. The van der Waals surface area contributed by atoms with Crippen molar-refractivity contribution in [3.05, 3.63) is 51.1 Å². The molecule has 0 aliphatic carbocycles. The number of hydrogen-bond donors (Lipinski definition) is 1. The number of anilines is 1. The minimum atomic E-state index is -0.606. The fourth-order valence-electron chi connectivity index (χ4n) is 2.91. The van der Waals surface area contributed by atoms with Gasteiger partial charge in [-0.3, -0.25) is 19.5 Å². The van der Waals surface area contributed by atoms with Crippen molar-refractivity contribution in [1.29, 1.82) is 0 Å². The Labute approximate surface area is 159 Å². The topological polar surface area (TPSA) is 125 Å². The summed E-state index contributed by atoms with van der Waals surface area (Å²) < 4.78 is 8.19. The standard InChI is InChI=1S/C18H21N5O5/c1-12(2)11-22-16(7-8-19-22)20-17(24)4-3-9-21-14-6-5-13(23(26)27)10-15(14)28-18(21)25/h5-8,10,12H,3-4,9,11H2,1-2H3,(H,20,24). The van der Waals surface area contributed by atoms with E-state index >= 15 is 0 Å². The van der Waals surface area contributed by atoms with E-state index in [0.29, 0.717) is 30.2 Å². The first-order chi connectivity index (χ1) is 13.3. The van der Waals surface area contributed by atoms with Crippen LogP contribution in [0.25, 0.3) is 11.1 Å². The smallest absolute Gasteiger partial charge is 0.407 e. The van der Waals surface area contributed by atoms with Crippen molar-refractivity contribution in [2.24, 2.45) is 5.92 Å². The lowest BCUT2D eigenvalue weighted by atomic mass is 10.2. The number of nitrogens with zero attached hydrogens (tertiary/aromatic N) is 4. The minimum Gasteiger partial charge on any atom is -0.407 e. The molecule has 1 aromatic carbocycles. The molecule has 0 atom stereocenters. The van der Waals surface area contributed by atoms with Gasteiger partial charge in [0.05, 0.1) is 22.7 Å². The number of benzene rings is 1. The Bertz CT molecular complexity index is 1060. The van der Waals surface area contributed by atoms with E-state index < -0.39 is 10.7 Å². The zero-order valence-corrected chi connectivity index (χ0v) is 15.6. The summed E-state index contributed by atoms with van der Waals surface area (Å²) in [6, 6.07) is 5.75. The number of nitrogens with one attached hydrogen (secondary N) is 1. The monoisotopic (exact) mass is 387 g/mol. The van der Waals surface area contributed by atoms with Crippen LogP contribution < -0.4 is 11.1 Å². The van der Waals surface area contributed by atoms with Crippen molar-refractivity contribution >= 4 is 28.5 Å². The first kappa shape index (κ1) is 19.3. The van der Waals surface area contributed by atoms with Gasteiger partial charge in [-0.1, -0.05) is 13.8 Å². The number of nitro groups is 1. The second kappa shape index (κ2) is 8.07. The Hall–Kier alpha value is -3.43. The molecule has 0 saturated carbocycles. The van der Waals surface area contributed by atoms with Crippen LogP contribution in [0.5, 0.6) is 0 Å². The summed E-state index contributed by atoms with van der Waals surface area (Å²) in [7, 11) is 0. The lowest BCUT2D eigenvalue weighted by Crippen LogP contribution is -2.19. The molecule has 1 N–H and O–H groups in total. The van der Waals surface area contributed by atoms with Crippen molar-refractivity contribution in [3.8, 4) is 0 Å². The van der Waals surface area contributed by atoms with E-state index in [2.05, 4.69) is 24.3 Å². The summed E-state index contributed by atoms with van der Waals surface area (Å²) in [5.74, 6) is 0.248. The average Bonchev–Trinajstić information content (AvgIpc) is 3.17. The maximum absolute atomic E-state index is 12.2. The summed E-state index contributed by atoms with van der Waals surface area (Å²) in [6.07, 6.45) is 2.25. The maximum atomic E-state index is 12.2. The first-order valence-corrected chi connectivity index (χ1v) is 8.94. The van der Waals surface area contributed by atoms with Gasteiger partial charge in [0.15, 0.2) is 5.58 Å². The molecule has 0 fully saturated rings. The largest absolute Gasteiger partial charge is 0.419 e. The van der Waals surface area contributed by atoms with E-state index in [1.807, 2.05) is 0 Å². The highest BCUT2D eigenvalue weighted by atomic mass is 16.6. The zero-order valence-electron chi connectivity index (χ0n) is 15.6. The van der Waals surface area contributed by atoms with Gasteiger partial charge in [-0.25, -0.2) is 9.48 Å². The van der Waals surface area contributed by atoms with Crippen LogP contribution in [-0.4, -0.2) is 25.2 Å². The van der Waals surface area contributed by atoms with Gasteiger partial charge >= 0.3 is 5.76 Å². The van der Waals surface area contributed by atoms with Crippen LogP contribution in [0.15, 0.2) is 39.7 Å². The number of aromatic nitrogens is 3. The van der Waals surface area contributed by atoms with Crippen LogP contribution in [0.3, 0.4) is 0 Å². The van der Waals surface area contributed by atoms with E-state index in [0.717, 1.165) is 0 Å². The van der Waals surface area contributed by atoms with E-state index in [4.69, 9.17) is 4.42 Å². The van der Waals surface area contributed by atoms with Crippen molar-refractivity contribution in [1.82, 2.24) is 14.3 Å². The Morgan fingerprint density at radius 3 is 2.86 bits per heavy atom. The lowest BCUT2D eigenvalue weighted by molar-refractivity contribution is -0.384. The van der Waals surface area contributed by atoms with E-state index in [-0.39, 0.29) is 30.1 Å². The molecular weight excluding hydrogens is 366 g/mol. The average molecular weight is 387 g/mol. The third kappa shape index (κ3) is 4.27. The second-order valence-corrected chi connectivity index (χ2v) is 6.87. The van der Waals surface area contributed by atoms with Gasteiger partial charge in [0.2, 0.25) is 5.91 Å². The number of amides is 1. The highest BCUT2D eigenvalue weighted by molar-refractivity contribution is 5.89. The molecule has 10 nitrogen and oxygen atoms in total. The molecule has 0 aliphatic heterocycles. The van der Waals surface area contributed by atoms with E-state index in [9.17, 15) is 19.7 Å². The Kier molecular flexibility index (Phi) is 5.57. The fourth-order valence-corrected chi connectivity index (χ4v) is 2.91. The first-order valence-electron chi connectivity index (χ1n) is 8.94. The van der Waals surface area contributed by atoms with E-state index in [1.54, 1.807) is 16.9 Å². The summed E-state index contributed by atoms with van der Waals surface area (Å²) >= 11 is 0. The molecule has 0 bridgehead atoms. The van der Waals surface area contributed by atoms with Crippen molar-refractivity contribution in [3.63, 3.8) is 0 Å². The third-order valence-electron chi connectivity index (χ3n) is 4.17. The summed E-state index contributed by atoms with van der Waals surface area (Å²) in [5, 5.41) is 17.8. The molecule has 0 spiro atoms. The summed E-state index contributed by atoms with van der Waals surface area (Å²) in [4.78, 5) is 34.5. The van der Waals surface area contributed by atoms with Gasteiger partial charge in [-0.05, 0) is 18.4 Å². The molecule has 0 aliphatic rings. The third-order valence-corrected chi connectivity index (χ3v) is 4.17. The molecule has 3 rings (SSSR count).